The van der Waals surface area contributed by atoms with Gasteiger partial charge in [0.05, 0.1) is 5.69 Å². The van der Waals surface area contributed by atoms with Crippen LogP contribution in [0.3, 0.4) is 0 Å². The Morgan fingerprint density at radius 2 is 2.07 bits per heavy atom. The Labute approximate surface area is 100 Å². The van der Waals surface area contributed by atoms with Gasteiger partial charge in [0, 0.05) is 3.57 Å². The normalized spacial score (nSPS) is 10.5. The molecule has 1 aromatic rings. The standard InChI is InChI=1S/C9H7IN4O/c10-6-1-3-7(4-2-6)13-14-8(5-11)9(12)15/h1-4,13H,(H2,12,15)/b14-8+. The number of carbonyl (C=O) groups is 1. The summed E-state index contributed by atoms with van der Waals surface area (Å²) in [5.74, 6) is -0.851. The molecule has 0 bridgehead atoms. The summed E-state index contributed by atoms with van der Waals surface area (Å²) in [6.07, 6.45) is 0. The van der Waals surface area contributed by atoms with Gasteiger partial charge in [0.25, 0.3) is 5.91 Å². The molecule has 0 heterocycles. The number of hydrazone groups is 1. The van der Waals surface area contributed by atoms with Crippen LogP contribution >= 0.6 is 22.6 Å². The molecule has 1 aromatic carbocycles. The van der Waals surface area contributed by atoms with Crippen molar-refractivity contribution in [2.24, 2.45) is 10.8 Å². The lowest BCUT2D eigenvalue weighted by Crippen LogP contribution is -2.22. The van der Waals surface area contributed by atoms with Crippen molar-refractivity contribution in [1.82, 2.24) is 0 Å². The van der Waals surface area contributed by atoms with Gasteiger partial charge in [-0.1, -0.05) is 0 Å². The zero-order chi connectivity index (χ0) is 11.3. The van der Waals surface area contributed by atoms with Gasteiger partial charge in [0.1, 0.15) is 6.07 Å². The monoisotopic (exact) mass is 314 g/mol. The lowest BCUT2D eigenvalue weighted by Gasteiger charge is -1.99. The SMILES string of the molecule is N#C/C(=N\Nc1ccc(I)cc1)C(N)=O. The number of nitriles is 1. The maximum atomic E-state index is 10.6. The summed E-state index contributed by atoms with van der Waals surface area (Å²) in [5, 5.41) is 12.1. The number of nitrogens with two attached hydrogens (primary N) is 1. The molecule has 0 aliphatic rings. The predicted molar refractivity (Wildman–Crippen MR) is 65.0 cm³/mol. The lowest BCUT2D eigenvalue weighted by atomic mass is 10.3. The van der Waals surface area contributed by atoms with Crippen LogP contribution in [0, 0.1) is 14.9 Å². The molecule has 0 unspecified atom stereocenters. The zero-order valence-corrected chi connectivity index (χ0v) is 9.72. The second-order valence-electron chi connectivity index (χ2n) is 2.56. The van der Waals surface area contributed by atoms with E-state index in [0.29, 0.717) is 5.69 Å². The van der Waals surface area contributed by atoms with Gasteiger partial charge in [-0.25, -0.2) is 0 Å². The van der Waals surface area contributed by atoms with Crippen molar-refractivity contribution in [2.75, 3.05) is 5.43 Å². The molecule has 0 saturated heterocycles. The first-order chi connectivity index (χ1) is 7.13. The van der Waals surface area contributed by atoms with Gasteiger partial charge >= 0.3 is 0 Å². The van der Waals surface area contributed by atoms with Crippen molar-refractivity contribution in [1.29, 1.82) is 5.26 Å². The number of hydrogen-bond donors (Lipinski definition) is 2. The van der Waals surface area contributed by atoms with Gasteiger partial charge in [-0.15, -0.1) is 0 Å². The van der Waals surface area contributed by atoms with E-state index in [4.69, 9.17) is 11.0 Å². The van der Waals surface area contributed by atoms with E-state index < -0.39 is 5.91 Å². The first-order valence-electron chi connectivity index (χ1n) is 3.92. The first kappa shape index (κ1) is 11.5. The molecule has 1 rings (SSSR count). The van der Waals surface area contributed by atoms with E-state index in [-0.39, 0.29) is 5.71 Å². The fraction of sp³-hybridized carbons (Fsp3) is 0. The third-order valence-electron chi connectivity index (χ3n) is 1.48. The molecular formula is C9H7IN4O. The topological polar surface area (TPSA) is 91.3 Å². The van der Waals surface area contributed by atoms with Crippen molar-refractivity contribution < 1.29 is 4.79 Å². The summed E-state index contributed by atoms with van der Waals surface area (Å²) >= 11 is 2.17. The second-order valence-corrected chi connectivity index (χ2v) is 3.80. The van der Waals surface area contributed by atoms with E-state index in [1.165, 1.54) is 0 Å². The fourth-order valence-electron chi connectivity index (χ4n) is 0.780. The van der Waals surface area contributed by atoms with Crippen molar-refractivity contribution in [3.63, 3.8) is 0 Å². The Morgan fingerprint density at radius 1 is 1.47 bits per heavy atom. The van der Waals surface area contributed by atoms with Gasteiger partial charge in [0.15, 0.2) is 0 Å². The predicted octanol–water partition coefficient (Wildman–Crippen LogP) is 1.07. The van der Waals surface area contributed by atoms with Crippen LogP contribution in [0.1, 0.15) is 0 Å². The number of hydrogen-bond acceptors (Lipinski definition) is 4. The smallest absolute Gasteiger partial charge is 0.280 e. The number of carbonyl (C=O) groups excluding carboxylic acids is 1. The molecule has 1 amide bonds. The van der Waals surface area contributed by atoms with E-state index in [0.717, 1.165) is 3.57 Å². The molecule has 76 valence electrons. The Kier molecular flexibility index (Phi) is 4.05. The molecular weight excluding hydrogens is 307 g/mol. The van der Waals surface area contributed by atoms with Gasteiger partial charge < -0.3 is 5.73 Å². The maximum Gasteiger partial charge on any atom is 0.280 e. The van der Waals surface area contributed by atoms with E-state index in [9.17, 15) is 4.79 Å². The van der Waals surface area contributed by atoms with E-state index >= 15 is 0 Å². The minimum absolute atomic E-state index is 0.353. The Bertz CT molecular complexity index is 432. The third-order valence-corrected chi connectivity index (χ3v) is 2.20. The van der Waals surface area contributed by atoms with Crippen LogP contribution < -0.4 is 11.2 Å². The van der Waals surface area contributed by atoms with E-state index in [2.05, 4.69) is 33.1 Å². The van der Waals surface area contributed by atoms with Gasteiger partial charge in [-0.3, -0.25) is 10.2 Å². The number of anilines is 1. The molecule has 0 atom stereocenters. The van der Waals surface area contributed by atoms with Crippen molar-refractivity contribution in [3.8, 4) is 6.07 Å². The van der Waals surface area contributed by atoms with Gasteiger partial charge in [0.2, 0.25) is 5.71 Å². The highest BCUT2D eigenvalue weighted by Crippen LogP contribution is 2.10. The summed E-state index contributed by atoms with van der Waals surface area (Å²) < 4.78 is 1.08. The molecule has 0 radical (unpaired) electrons. The number of benzene rings is 1. The number of rotatable bonds is 3. The van der Waals surface area contributed by atoms with Crippen LogP contribution in [-0.4, -0.2) is 11.6 Å². The average Bonchev–Trinajstić information content (AvgIpc) is 2.21. The second kappa shape index (κ2) is 5.31. The van der Waals surface area contributed by atoms with Crippen LogP contribution in [0.5, 0.6) is 0 Å². The third kappa shape index (κ3) is 3.55. The van der Waals surface area contributed by atoms with Gasteiger partial charge in [-0.05, 0) is 46.9 Å². The van der Waals surface area contributed by atoms with Crippen LogP contribution in [-0.2, 0) is 4.79 Å². The summed E-state index contributed by atoms with van der Waals surface area (Å²) in [4.78, 5) is 10.6. The number of nitrogens with one attached hydrogen (secondary N) is 1. The van der Waals surface area contributed by atoms with Crippen LogP contribution in [0.2, 0.25) is 0 Å². The summed E-state index contributed by atoms with van der Waals surface area (Å²) in [5.41, 5.74) is 7.80. The van der Waals surface area contributed by atoms with Crippen LogP contribution in [0.15, 0.2) is 29.4 Å². The highest BCUT2D eigenvalue weighted by molar-refractivity contribution is 14.1. The molecule has 0 fully saturated rings. The van der Waals surface area contributed by atoms with Crippen LogP contribution in [0.4, 0.5) is 5.69 Å². The molecule has 0 spiro atoms. The minimum atomic E-state index is -0.851. The number of halogens is 1. The Balaban J connectivity index is 2.76. The molecule has 15 heavy (non-hydrogen) atoms. The lowest BCUT2D eigenvalue weighted by molar-refractivity contribution is -0.111. The largest absolute Gasteiger partial charge is 0.364 e. The molecule has 0 saturated carbocycles. The highest BCUT2D eigenvalue weighted by Gasteiger charge is 2.04. The van der Waals surface area contributed by atoms with Gasteiger partial charge in [-0.2, -0.15) is 10.4 Å². The molecule has 0 aliphatic heterocycles. The molecule has 3 N–H and O–H groups in total. The quantitative estimate of drug-likeness (QED) is 0.496. The Morgan fingerprint density at radius 3 is 2.53 bits per heavy atom. The van der Waals surface area contributed by atoms with E-state index in [1.54, 1.807) is 18.2 Å². The Hall–Kier alpha value is -1.62. The average molecular weight is 314 g/mol. The molecule has 0 aliphatic carbocycles. The maximum absolute atomic E-state index is 10.6. The zero-order valence-electron chi connectivity index (χ0n) is 7.57. The van der Waals surface area contributed by atoms with E-state index in [1.807, 2.05) is 12.1 Å². The highest BCUT2D eigenvalue weighted by atomic mass is 127. The number of primary amides is 1. The summed E-state index contributed by atoms with van der Waals surface area (Å²) in [6, 6.07) is 8.89. The summed E-state index contributed by atoms with van der Waals surface area (Å²) in [6.45, 7) is 0. The van der Waals surface area contributed by atoms with Crippen LogP contribution in [0.25, 0.3) is 0 Å². The number of nitrogens with zero attached hydrogens (tertiary/aromatic N) is 2. The summed E-state index contributed by atoms with van der Waals surface area (Å²) in [7, 11) is 0. The molecule has 0 aromatic heterocycles. The fourth-order valence-corrected chi connectivity index (χ4v) is 1.14. The molecule has 5 nitrogen and oxygen atoms in total. The van der Waals surface area contributed by atoms with Crippen molar-refractivity contribution in [2.45, 2.75) is 0 Å². The first-order valence-corrected chi connectivity index (χ1v) is 5.00. The number of amides is 1. The minimum Gasteiger partial charge on any atom is -0.364 e. The molecule has 6 heteroatoms. The van der Waals surface area contributed by atoms with Crippen molar-refractivity contribution in [3.05, 3.63) is 27.8 Å². The van der Waals surface area contributed by atoms with Crippen molar-refractivity contribution >= 4 is 39.9 Å².